The van der Waals surface area contributed by atoms with Crippen LogP contribution in [-0.2, 0) is 0 Å². The standard InChI is InChI=1S/C15H24N2.2C13H20N2.C11H16N2.4CH4/c1-9(2)13-10(3)11(4)15(17(7)8)12(5)14(13)16-6;1-8(2)13-10(4)9(3)11(14-5)7-12(13)15-6;1-7(2)11-8(3)9(4)12(14)10(5)13(11)15-6;1-7(2)11-8(3)5-9(12)6-10(11)13-4;;;;/h1-8H3;7,15H,1-6H3;14H2,1-6H3;5-6H,12H2,1-4H3;4*1H4/p+4. The largest absolute Gasteiger partial charge is 0.399 e. The molecule has 0 saturated carbocycles. The molecule has 0 fully saturated rings. The summed E-state index contributed by atoms with van der Waals surface area (Å²) in [5.74, 6) is 0. The van der Waals surface area contributed by atoms with Crippen LogP contribution in [0.1, 0.15) is 147 Å². The molecule has 4 aliphatic carbocycles. The number of nitrogens with one attached hydrogen (secondary N) is 5. The van der Waals surface area contributed by atoms with E-state index in [1.165, 1.54) is 112 Å². The zero-order chi connectivity index (χ0) is 46.7. The fourth-order valence-electron chi connectivity index (χ4n) is 8.56. The van der Waals surface area contributed by atoms with E-state index in [0.29, 0.717) is 0 Å². The normalized spacial score (nSPS) is 17.8. The molecule has 0 heterocycles. The first-order valence-electron chi connectivity index (χ1n) is 21.2. The summed E-state index contributed by atoms with van der Waals surface area (Å²) in [6, 6.07) is 0. The Labute approximate surface area is 395 Å². The average Bonchev–Trinajstić information content (AvgIpc) is 3.17. The van der Waals surface area contributed by atoms with Crippen molar-refractivity contribution < 1.29 is 19.6 Å². The third-order valence-electron chi connectivity index (χ3n) is 11.7. The van der Waals surface area contributed by atoms with E-state index in [9.17, 15) is 0 Å². The molecule has 4 aliphatic rings. The van der Waals surface area contributed by atoms with Gasteiger partial charge >= 0.3 is 0 Å². The molecule has 0 aromatic rings. The minimum atomic E-state index is 0. The second-order valence-electron chi connectivity index (χ2n) is 17.0. The molecule has 9 N–H and O–H groups in total. The van der Waals surface area contributed by atoms with Gasteiger partial charge in [-0.1, -0.05) is 52.0 Å². The lowest BCUT2D eigenvalue weighted by molar-refractivity contribution is -0.463. The molecule has 0 aromatic heterocycles. The topological polar surface area (TPSA) is 121 Å². The maximum absolute atomic E-state index is 6.08. The van der Waals surface area contributed by atoms with Gasteiger partial charge in [0.05, 0.1) is 5.70 Å². The lowest BCUT2D eigenvalue weighted by Gasteiger charge is -2.25. The molecular weight excluding hydrogens is 785 g/mol. The van der Waals surface area contributed by atoms with E-state index in [2.05, 4.69) is 168 Å². The molecule has 0 radical (unpaired) electrons. The van der Waals surface area contributed by atoms with E-state index in [-0.39, 0.29) is 29.7 Å². The van der Waals surface area contributed by atoms with Crippen molar-refractivity contribution in [2.45, 2.75) is 147 Å². The lowest BCUT2D eigenvalue weighted by Crippen LogP contribution is -2.69. The van der Waals surface area contributed by atoms with Gasteiger partial charge in [0.15, 0.2) is 0 Å². The Hall–Kier alpha value is -5.24. The summed E-state index contributed by atoms with van der Waals surface area (Å²) in [7, 11) is 14.0. The maximum atomic E-state index is 6.08. The summed E-state index contributed by atoms with van der Waals surface area (Å²) in [5, 5.41) is 6.62. The fourth-order valence-corrected chi connectivity index (χ4v) is 8.56. The second-order valence-corrected chi connectivity index (χ2v) is 17.0. The number of hydrogen-bond donors (Lipinski definition) is 7. The van der Waals surface area contributed by atoms with Gasteiger partial charge in [-0.3, -0.25) is 0 Å². The summed E-state index contributed by atoms with van der Waals surface area (Å²) in [4.78, 5) is 9.64. The predicted octanol–water partition coefficient (Wildman–Crippen LogP) is 7.68. The molecule has 0 amide bonds. The molecule has 8 nitrogen and oxygen atoms in total. The van der Waals surface area contributed by atoms with Gasteiger partial charge in [0.2, 0.25) is 22.8 Å². The Morgan fingerprint density at radius 2 is 0.906 bits per heavy atom. The number of hydrogen-bond acceptors (Lipinski definition) is 4. The number of allylic oxidation sites excluding steroid dienone is 18. The summed E-state index contributed by atoms with van der Waals surface area (Å²) in [6.45, 7) is 36.5. The van der Waals surface area contributed by atoms with Crippen LogP contribution in [0.2, 0.25) is 0 Å². The van der Waals surface area contributed by atoms with Gasteiger partial charge < -0.3 is 22.1 Å². The fraction of sp³-hybridized carbons (Fsp3) is 0.500. The average molecular weight is 885 g/mol. The van der Waals surface area contributed by atoms with Crippen molar-refractivity contribution in [3.8, 4) is 0 Å². The van der Waals surface area contributed by atoms with E-state index in [0.717, 1.165) is 28.4 Å². The van der Waals surface area contributed by atoms with Crippen molar-refractivity contribution in [1.82, 2.24) is 10.6 Å². The molecule has 0 spiro atoms. The quantitative estimate of drug-likeness (QED) is 0.144. The van der Waals surface area contributed by atoms with Gasteiger partial charge in [-0.2, -0.15) is 0 Å². The molecule has 0 atom stereocenters. The molecular formula is C56H100N8+4. The van der Waals surface area contributed by atoms with Crippen molar-refractivity contribution in [3.05, 3.63) is 136 Å². The highest BCUT2D eigenvalue weighted by atomic mass is 14.9. The number of rotatable bonds is 2. The van der Waals surface area contributed by atoms with Crippen molar-refractivity contribution in [1.29, 1.82) is 0 Å². The molecule has 0 unspecified atom stereocenters. The van der Waals surface area contributed by atoms with Crippen LogP contribution in [0.15, 0.2) is 136 Å². The molecule has 64 heavy (non-hydrogen) atoms. The van der Waals surface area contributed by atoms with E-state index >= 15 is 0 Å². The minimum absolute atomic E-state index is 0. The van der Waals surface area contributed by atoms with Crippen LogP contribution < -0.4 is 37.1 Å². The lowest BCUT2D eigenvalue weighted by atomic mass is 9.83. The van der Waals surface area contributed by atoms with Crippen LogP contribution in [0.4, 0.5) is 0 Å². The van der Waals surface area contributed by atoms with Crippen LogP contribution in [0.3, 0.4) is 0 Å². The van der Waals surface area contributed by atoms with E-state index in [1.807, 2.05) is 47.4 Å². The van der Waals surface area contributed by atoms with Crippen molar-refractivity contribution in [2.24, 2.45) is 11.5 Å². The van der Waals surface area contributed by atoms with E-state index in [1.54, 1.807) is 0 Å². The highest BCUT2D eigenvalue weighted by molar-refractivity contribution is 6.14. The van der Waals surface area contributed by atoms with E-state index in [4.69, 9.17) is 11.5 Å². The number of nitrogens with zero attached hydrogens (tertiary/aromatic N) is 1. The molecule has 0 aromatic carbocycles. The first-order chi connectivity index (χ1) is 27.8. The van der Waals surface area contributed by atoms with Crippen molar-refractivity contribution >= 4 is 22.8 Å². The summed E-state index contributed by atoms with van der Waals surface area (Å²) < 4.78 is 2.20. The number of likely N-dealkylation sites (N-methyl/N-ethyl adjacent to an activating group) is 2. The maximum Gasteiger partial charge on any atom is 0.210 e. The molecule has 360 valence electrons. The molecule has 8 heteroatoms. The monoisotopic (exact) mass is 885 g/mol. The van der Waals surface area contributed by atoms with Crippen LogP contribution >= 0.6 is 0 Å². The zero-order valence-electron chi connectivity index (χ0n) is 42.3. The number of nitrogens with two attached hydrogens (primary N) is 2. The first kappa shape index (κ1) is 65.4. The third kappa shape index (κ3) is 14.9. The highest BCUT2D eigenvalue weighted by Crippen LogP contribution is 2.33. The molecule has 0 bridgehead atoms. The smallest absolute Gasteiger partial charge is 0.210 e. The summed E-state index contributed by atoms with van der Waals surface area (Å²) >= 11 is 0. The predicted molar refractivity (Wildman–Crippen MR) is 290 cm³/mol. The molecule has 0 saturated heterocycles. The van der Waals surface area contributed by atoms with Gasteiger partial charge in [0.1, 0.15) is 35.2 Å². The van der Waals surface area contributed by atoms with Gasteiger partial charge in [-0.05, 0) is 157 Å². The third-order valence-corrected chi connectivity index (χ3v) is 11.7. The Kier molecular flexibility index (Phi) is 29.1. The van der Waals surface area contributed by atoms with Crippen molar-refractivity contribution in [3.63, 3.8) is 0 Å². The van der Waals surface area contributed by atoms with Gasteiger partial charge in [-0.15, -0.1) is 0 Å². The minimum Gasteiger partial charge on any atom is -0.399 e. The Morgan fingerprint density at radius 3 is 1.28 bits per heavy atom. The van der Waals surface area contributed by atoms with E-state index < -0.39 is 0 Å². The highest BCUT2D eigenvalue weighted by Gasteiger charge is 2.29. The van der Waals surface area contributed by atoms with Crippen LogP contribution in [0.25, 0.3) is 0 Å². The molecule has 4 rings (SSSR count). The van der Waals surface area contributed by atoms with Crippen LogP contribution in [0.5, 0.6) is 0 Å². The first-order valence-corrected chi connectivity index (χ1v) is 21.2. The van der Waals surface area contributed by atoms with Crippen LogP contribution in [0, 0.1) is 0 Å². The Morgan fingerprint density at radius 1 is 0.469 bits per heavy atom. The summed E-state index contributed by atoms with van der Waals surface area (Å²) in [5.41, 5.74) is 43.1. The molecule has 0 aliphatic heterocycles. The second kappa shape index (κ2) is 28.5. The zero-order valence-corrected chi connectivity index (χ0v) is 42.3. The Bertz CT molecular complexity index is 2240. The summed E-state index contributed by atoms with van der Waals surface area (Å²) in [6.07, 6.45) is 6.14. The van der Waals surface area contributed by atoms with Crippen molar-refractivity contribution in [2.75, 3.05) is 49.3 Å². The SMILES string of the molecule is C.C.C.C.CNC1=C(C)C(=[N+](C)C)C(C)=C(C)C1=C(C)C.CNC1=CC(=[NH+]C)C(C)=C(C)C1=C(C)C.C[NH+]=C1C(C)=C(N)C(C)=C(C)C1=C(C)C.C[NH+]=C1C=C(N)C=C(C)C1=C(C)C. The Balaban J connectivity index is -0.000000369. The van der Waals surface area contributed by atoms with Crippen LogP contribution in [-0.4, -0.2) is 76.8 Å². The van der Waals surface area contributed by atoms with Gasteiger partial charge in [0, 0.05) is 82.4 Å². The van der Waals surface area contributed by atoms with Gasteiger partial charge in [0.25, 0.3) is 0 Å². The van der Waals surface area contributed by atoms with Gasteiger partial charge in [-0.25, -0.2) is 19.6 Å².